The van der Waals surface area contributed by atoms with Crippen LogP contribution in [0.5, 0.6) is 0 Å². The summed E-state index contributed by atoms with van der Waals surface area (Å²) in [6.45, 7) is 0.590. The highest BCUT2D eigenvalue weighted by Gasteiger charge is 2.35. The van der Waals surface area contributed by atoms with Crippen LogP contribution < -0.4 is 0 Å². The van der Waals surface area contributed by atoms with Crippen molar-refractivity contribution < 1.29 is 19.1 Å². The first kappa shape index (κ1) is 12.9. The molecule has 104 valence electrons. The lowest BCUT2D eigenvalue weighted by molar-refractivity contribution is -0.152. The summed E-state index contributed by atoms with van der Waals surface area (Å²) >= 11 is 1.42. The Morgan fingerprint density at radius 1 is 1.50 bits per heavy atom. The zero-order valence-electron chi connectivity index (χ0n) is 10.5. The smallest absolute Gasteiger partial charge is 0.310 e. The Kier molecular flexibility index (Phi) is 3.27. The fourth-order valence-electron chi connectivity index (χ4n) is 2.01. The number of rotatable bonds is 4. The van der Waals surface area contributed by atoms with E-state index < -0.39 is 11.9 Å². The molecule has 2 aromatic heterocycles. The number of likely N-dealkylation sites (tertiary alicyclic amines) is 1. The number of hydrogen-bond donors (Lipinski definition) is 1. The van der Waals surface area contributed by atoms with Gasteiger partial charge < -0.3 is 14.4 Å². The van der Waals surface area contributed by atoms with Gasteiger partial charge in [0.2, 0.25) is 5.91 Å². The Balaban J connectivity index is 1.59. The number of carboxylic acids is 1. The molecule has 3 rings (SSSR count). The van der Waals surface area contributed by atoms with Crippen LogP contribution in [-0.4, -0.2) is 40.0 Å². The number of carboxylic acid groups (broad SMARTS) is 1. The van der Waals surface area contributed by atoms with Crippen LogP contribution in [0.1, 0.15) is 5.69 Å². The second kappa shape index (κ2) is 5.09. The van der Waals surface area contributed by atoms with Crippen LogP contribution in [0.25, 0.3) is 10.8 Å². The Morgan fingerprint density at radius 2 is 2.30 bits per heavy atom. The molecule has 0 atom stereocenters. The van der Waals surface area contributed by atoms with Crippen LogP contribution >= 0.6 is 11.3 Å². The standard InChI is InChI=1S/C13H12N2O4S/c16-11(15-5-8(6-15)13(17)18)4-9-7-20-12(14-9)10-2-1-3-19-10/h1-3,7-8H,4-6H2,(H,17,18). The molecule has 7 heteroatoms. The zero-order valence-corrected chi connectivity index (χ0v) is 11.3. The summed E-state index contributed by atoms with van der Waals surface area (Å²) in [6, 6.07) is 3.60. The molecule has 0 aliphatic carbocycles. The van der Waals surface area contributed by atoms with Crippen LogP contribution in [-0.2, 0) is 16.0 Å². The molecular weight excluding hydrogens is 280 g/mol. The van der Waals surface area contributed by atoms with Crippen molar-refractivity contribution in [3.8, 4) is 10.8 Å². The number of carbonyl (C=O) groups excluding carboxylic acids is 1. The fourth-order valence-corrected chi connectivity index (χ4v) is 2.79. The van der Waals surface area contributed by atoms with Gasteiger partial charge in [0.1, 0.15) is 0 Å². The summed E-state index contributed by atoms with van der Waals surface area (Å²) in [5.41, 5.74) is 0.685. The Hall–Kier alpha value is -2.15. The first-order chi connectivity index (χ1) is 9.63. The van der Waals surface area contributed by atoms with Crippen molar-refractivity contribution in [3.63, 3.8) is 0 Å². The minimum absolute atomic E-state index is 0.0844. The van der Waals surface area contributed by atoms with Crippen LogP contribution in [0, 0.1) is 5.92 Å². The van der Waals surface area contributed by atoms with Crippen LogP contribution in [0.4, 0.5) is 0 Å². The Bertz CT molecular complexity index is 629. The molecule has 0 unspecified atom stereocenters. The quantitative estimate of drug-likeness (QED) is 0.923. The van der Waals surface area contributed by atoms with Gasteiger partial charge in [0.05, 0.1) is 24.3 Å². The van der Waals surface area contributed by atoms with Crippen molar-refractivity contribution in [1.29, 1.82) is 0 Å². The summed E-state index contributed by atoms with van der Waals surface area (Å²) in [4.78, 5) is 28.5. The Morgan fingerprint density at radius 3 is 2.95 bits per heavy atom. The summed E-state index contributed by atoms with van der Waals surface area (Å²) in [5.74, 6) is -0.668. The van der Waals surface area contributed by atoms with E-state index in [1.807, 2.05) is 11.4 Å². The fraction of sp³-hybridized carbons (Fsp3) is 0.308. The van der Waals surface area contributed by atoms with Crippen LogP contribution in [0.3, 0.4) is 0 Å². The maximum absolute atomic E-state index is 11.9. The van der Waals surface area contributed by atoms with Gasteiger partial charge in [-0.2, -0.15) is 0 Å². The van der Waals surface area contributed by atoms with Gasteiger partial charge in [0.25, 0.3) is 0 Å². The van der Waals surface area contributed by atoms with E-state index >= 15 is 0 Å². The van der Waals surface area contributed by atoms with Gasteiger partial charge in [-0.15, -0.1) is 11.3 Å². The molecular formula is C13H12N2O4S. The van der Waals surface area contributed by atoms with Gasteiger partial charge >= 0.3 is 5.97 Å². The molecule has 0 bridgehead atoms. The van der Waals surface area contributed by atoms with Crippen LogP contribution in [0.2, 0.25) is 0 Å². The second-order valence-electron chi connectivity index (χ2n) is 4.63. The third-order valence-corrected chi connectivity index (χ3v) is 4.11. The van der Waals surface area contributed by atoms with Crippen molar-refractivity contribution in [2.45, 2.75) is 6.42 Å². The normalized spacial score (nSPS) is 15.1. The van der Waals surface area contributed by atoms with E-state index in [0.717, 1.165) is 5.01 Å². The summed E-state index contributed by atoms with van der Waals surface area (Å²) in [5, 5.41) is 11.3. The number of aromatic nitrogens is 1. The average molecular weight is 292 g/mol. The predicted molar refractivity (Wildman–Crippen MR) is 71.2 cm³/mol. The molecule has 6 nitrogen and oxygen atoms in total. The number of nitrogens with zero attached hydrogens (tertiary/aromatic N) is 2. The first-order valence-electron chi connectivity index (χ1n) is 6.12. The molecule has 1 amide bonds. The van der Waals surface area contributed by atoms with E-state index in [9.17, 15) is 9.59 Å². The van der Waals surface area contributed by atoms with E-state index in [-0.39, 0.29) is 12.3 Å². The van der Waals surface area contributed by atoms with E-state index in [0.29, 0.717) is 24.5 Å². The van der Waals surface area contributed by atoms with Crippen molar-refractivity contribution in [1.82, 2.24) is 9.88 Å². The van der Waals surface area contributed by atoms with E-state index in [1.54, 1.807) is 17.2 Å². The van der Waals surface area contributed by atoms with Gasteiger partial charge in [0.15, 0.2) is 10.8 Å². The van der Waals surface area contributed by atoms with E-state index in [1.165, 1.54) is 11.3 Å². The van der Waals surface area contributed by atoms with Gasteiger partial charge in [-0.25, -0.2) is 4.98 Å². The second-order valence-corrected chi connectivity index (χ2v) is 5.49. The molecule has 20 heavy (non-hydrogen) atoms. The number of amides is 1. The largest absolute Gasteiger partial charge is 0.481 e. The monoisotopic (exact) mass is 292 g/mol. The number of thiazole rings is 1. The van der Waals surface area contributed by atoms with Crippen molar-refractivity contribution >= 4 is 23.2 Å². The molecule has 1 saturated heterocycles. The molecule has 2 aromatic rings. The molecule has 1 N–H and O–H groups in total. The summed E-state index contributed by atoms with van der Waals surface area (Å²) < 4.78 is 5.25. The number of carbonyl (C=O) groups is 2. The van der Waals surface area contributed by atoms with Crippen molar-refractivity contribution in [2.75, 3.05) is 13.1 Å². The average Bonchev–Trinajstić information content (AvgIpc) is 2.95. The van der Waals surface area contributed by atoms with Gasteiger partial charge in [-0.1, -0.05) is 0 Å². The summed E-state index contributed by atoms with van der Waals surface area (Å²) in [6.07, 6.45) is 1.78. The Labute approximate surface area is 118 Å². The third kappa shape index (κ3) is 2.44. The van der Waals surface area contributed by atoms with Gasteiger partial charge in [0, 0.05) is 18.5 Å². The maximum Gasteiger partial charge on any atom is 0.310 e. The summed E-state index contributed by atoms with van der Waals surface area (Å²) in [7, 11) is 0. The number of furan rings is 1. The minimum Gasteiger partial charge on any atom is -0.481 e. The zero-order chi connectivity index (χ0) is 14.1. The minimum atomic E-state index is -0.845. The molecule has 1 aliphatic rings. The lowest BCUT2D eigenvalue weighted by atomic mass is 10.00. The van der Waals surface area contributed by atoms with E-state index in [4.69, 9.17) is 9.52 Å². The SMILES string of the molecule is O=C(O)C1CN(C(=O)Cc2csc(-c3ccco3)n2)C1. The molecule has 0 spiro atoms. The van der Waals surface area contributed by atoms with Crippen LogP contribution in [0.15, 0.2) is 28.2 Å². The topological polar surface area (TPSA) is 83.6 Å². The van der Waals surface area contributed by atoms with Gasteiger partial charge in [-0.3, -0.25) is 9.59 Å². The number of hydrogen-bond acceptors (Lipinski definition) is 5. The predicted octanol–water partition coefficient (Wildman–Crippen LogP) is 1.49. The number of aliphatic carboxylic acids is 1. The van der Waals surface area contributed by atoms with Crippen molar-refractivity contribution in [2.24, 2.45) is 5.92 Å². The highest BCUT2D eigenvalue weighted by atomic mass is 32.1. The highest BCUT2D eigenvalue weighted by molar-refractivity contribution is 7.13. The third-order valence-electron chi connectivity index (χ3n) is 3.20. The van der Waals surface area contributed by atoms with Gasteiger partial charge in [-0.05, 0) is 12.1 Å². The molecule has 1 fully saturated rings. The maximum atomic E-state index is 11.9. The van der Waals surface area contributed by atoms with Crippen molar-refractivity contribution in [3.05, 3.63) is 29.5 Å². The lowest BCUT2D eigenvalue weighted by Crippen LogP contribution is -2.53. The molecule has 3 heterocycles. The van der Waals surface area contributed by atoms with E-state index in [2.05, 4.69) is 4.98 Å². The lowest BCUT2D eigenvalue weighted by Gasteiger charge is -2.36. The first-order valence-corrected chi connectivity index (χ1v) is 7.00. The highest BCUT2D eigenvalue weighted by Crippen LogP contribution is 2.25. The molecule has 0 radical (unpaired) electrons. The molecule has 0 saturated carbocycles. The molecule has 1 aliphatic heterocycles. The molecule has 0 aromatic carbocycles.